The summed E-state index contributed by atoms with van der Waals surface area (Å²) in [6, 6.07) is 18.3. The fourth-order valence-electron chi connectivity index (χ4n) is 1.93. The van der Waals surface area contributed by atoms with Crippen molar-refractivity contribution in [2.24, 2.45) is 0 Å². The van der Waals surface area contributed by atoms with Crippen molar-refractivity contribution >= 4 is 0 Å². The van der Waals surface area contributed by atoms with Gasteiger partial charge in [-0.1, -0.05) is 61.5 Å². The zero-order valence-corrected chi connectivity index (χ0v) is 10.6. The smallest absolute Gasteiger partial charge is 0.0914 e. The second kappa shape index (κ2) is 6.34. The molecule has 2 N–H and O–H groups in total. The zero-order valence-electron chi connectivity index (χ0n) is 10.6. The first-order chi connectivity index (χ1) is 8.81. The van der Waals surface area contributed by atoms with Crippen LogP contribution < -0.4 is 5.32 Å². The van der Waals surface area contributed by atoms with Crippen LogP contribution in [0.3, 0.4) is 0 Å². The summed E-state index contributed by atoms with van der Waals surface area (Å²) < 4.78 is 0. The lowest BCUT2D eigenvalue weighted by molar-refractivity contribution is 0.175. The molecule has 0 bridgehead atoms. The normalized spacial score (nSPS) is 12.3. The molecule has 0 aliphatic carbocycles. The standard InChI is InChI=1S/C16H19NO/c1-2-17-12-16(18)15-10-8-14(9-11-15)13-6-4-3-5-7-13/h3-11,16-18H,2,12H2,1H3. The summed E-state index contributed by atoms with van der Waals surface area (Å²) in [5, 5.41) is 13.1. The molecule has 0 spiro atoms. The van der Waals surface area contributed by atoms with Crippen LogP contribution in [0, 0.1) is 0 Å². The zero-order chi connectivity index (χ0) is 12.8. The van der Waals surface area contributed by atoms with Crippen LogP contribution in [0.1, 0.15) is 18.6 Å². The molecule has 0 radical (unpaired) electrons. The summed E-state index contributed by atoms with van der Waals surface area (Å²) in [6.45, 7) is 3.51. The van der Waals surface area contributed by atoms with Crippen LogP contribution in [-0.4, -0.2) is 18.2 Å². The fourth-order valence-corrected chi connectivity index (χ4v) is 1.93. The van der Waals surface area contributed by atoms with Gasteiger partial charge in [-0.2, -0.15) is 0 Å². The third-order valence-corrected chi connectivity index (χ3v) is 2.99. The van der Waals surface area contributed by atoms with Gasteiger partial charge in [-0.3, -0.25) is 0 Å². The number of hydrogen-bond acceptors (Lipinski definition) is 2. The van der Waals surface area contributed by atoms with Gasteiger partial charge in [-0.25, -0.2) is 0 Å². The van der Waals surface area contributed by atoms with Gasteiger partial charge >= 0.3 is 0 Å². The molecule has 0 amide bonds. The van der Waals surface area contributed by atoms with Crippen LogP contribution in [0.15, 0.2) is 54.6 Å². The molecule has 0 aliphatic rings. The van der Waals surface area contributed by atoms with Gasteiger partial charge in [-0.05, 0) is 23.2 Å². The van der Waals surface area contributed by atoms with Crippen LogP contribution in [0.25, 0.3) is 11.1 Å². The minimum atomic E-state index is -0.435. The SMILES string of the molecule is CCNCC(O)c1ccc(-c2ccccc2)cc1. The number of rotatable bonds is 5. The molecule has 0 saturated carbocycles. The van der Waals surface area contributed by atoms with E-state index in [4.69, 9.17) is 0 Å². The molecule has 2 aromatic rings. The first kappa shape index (κ1) is 12.8. The quantitative estimate of drug-likeness (QED) is 0.843. The maximum absolute atomic E-state index is 9.95. The highest BCUT2D eigenvalue weighted by Gasteiger charge is 2.06. The molecule has 0 saturated heterocycles. The van der Waals surface area contributed by atoms with Crippen molar-refractivity contribution in [1.29, 1.82) is 0 Å². The van der Waals surface area contributed by atoms with Crippen LogP contribution in [0.4, 0.5) is 0 Å². The monoisotopic (exact) mass is 241 g/mol. The number of hydrogen-bond donors (Lipinski definition) is 2. The average Bonchev–Trinajstić information content (AvgIpc) is 2.46. The topological polar surface area (TPSA) is 32.3 Å². The molecular formula is C16H19NO. The van der Waals surface area contributed by atoms with Crippen LogP contribution >= 0.6 is 0 Å². The van der Waals surface area contributed by atoms with Crippen molar-refractivity contribution in [3.8, 4) is 11.1 Å². The van der Waals surface area contributed by atoms with Gasteiger partial charge in [0.15, 0.2) is 0 Å². The van der Waals surface area contributed by atoms with E-state index in [1.54, 1.807) is 0 Å². The Morgan fingerprint density at radius 1 is 0.944 bits per heavy atom. The number of likely N-dealkylation sites (N-methyl/N-ethyl adjacent to an activating group) is 1. The fraction of sp³-hybridized carbons (Fsp3) is 0.250. The van der Waals surface area contributed by atoms with E-state index in [0.29, 0.717) is 6.54 Å². The maximum atomic E-state index is 9.95. The van der Waals surface area contributed by atoms with E-state index in [9.17, 15) is 5.11 Å². The summed E-state index contributed by atoms with van der Waals surface area (Å²) in [4.78, 5) is 0. The van der Waals surface area contributed by atoms with Crippen molar-refractivity contribution in [2.75, 3.05) is 13.1 Å². The Hall–Kier alpha value is -1.64. The molecule has 2 nitrogen and oxygen atoms in total. The van der Waals surface area contributed by atoms with Crippen molar-refractivity contribution in [3.05, 3.63) is 60.2 Å². The number of aliphatic hydroxyl groups is 1. The Balaban J connectivity index is 2.10. The Morgan fingerprint density at radius 3 is 2.17 bits per heavy atom. The molecule has 0 aliphatic heterocycles. The maximum Gasteiger partial charge on any atom is 0.0914 e. The van der Waals surface area contributed by atoms with E-state index in [-0.39, 0.29) is 0 Å². The summed E-state index contributed by atoms with van der Waals surface area (Å²) >= 11 is 0. The van der Waals surface area contributed by atoms with E-state index in [0.717, 1.165) is 12.1 Å². The van der Waals surface area contributed by atoms with Gasteiger partial charge in [0.05, 0.1) is 6.10 Å². The van der Waals surface area contributed by atoms with Crippen LogP contribution in [0.5, 0.6) is 0 Å². The number of aliphatic hydroxyl groups excluding tert-OH is 1. The lowest BCUT2D eigenvalue weighted by atomic mass is 10.0. The minimum Gasteiger partial charge on any atom is -0.387 e. The van der Waals surface area contributed by atoms with Crippen molar-refractivity contribution in [1.82, 2.24) is 5.32 Å². The lowest BCUT2D eigenvalue weighted by Gasteiger charge is -2.12. The van der Waals surface area contributed by atoms with Crippen molar-refractivity contribution in [2.45, 2.75) is 13.0 Å². The summed E-state index contributed by atoms with van der Waals surface area (Å²) in [5.41, 5.74) is 3.33. The third-order valence-electron chi connectivity index (χ3n) is 2.99. The molecule has 2 aromatic carbocycles. The van der Waals surface area contributed by atoms with Gasteiger partial charge in [0.25, 0.3) is 0 Å². The highest BCUT2D eigenvalue weighted by atomic mass is 16.3. The average molecular weight is 241 g/mol. The largest absolute Gasteiger partial charge is 0.387 e. The second-order valence-electron chi connectivity index (χ2n) is 4.31. The van der Waals surface area contributed by atoms with E-state index in [2.05, 4.69) is 29.6 Å². The van der Waals surface area contributed by atoms with E-state index in [1.807, 2.05) is 37.3 Å². The predicted octanol–water partition coefficient (Wildman–Crippen LogP) is 3.00. The Bertz CT molecular complexity index is 464. The summed E-state index contributed by atoms with van der Waals surface area (Å²) in [6.07, 6.45) is -0.435. The van der Waals surface area contributed by atoms with Crippen LogP contribution in [0.2, 0.25) is 0 Å². The second-order valence-corrected chi connectivity index (χ2v) is 4.31. The molecule has 0 aromatic heterocycles. The lowest BCUT2D eigenvalue weighted by Crippen LogP contribution is -2.20. The van der Waals surface area contributed by atoms with Crippen LogP contribution in [-0.2, 0) is 0 Å². The van der Waals surface area contributed by atoms with Crippen molar-refractivity contribution in [3.63, 3.8) is 0 Å². The number of nitrogens with one attached hydrogen (secondary N) is 1. The van der Waals surface area contributed by atoms with E-state index < -0.39 is 6.10 Å². The molecule has 1 atom stereocenters. The van der Waals surface area contributed by atoms with Crippen molar-refractivity contribution < 1.29 is 5.11 Å². The van der Waals surface area contributed by atoms with Gasteiger partial charge in [0, 0.05) is 6.54 Å². The van der Waals surface area contributed by atoms with E-state index >= 15 is 0 Å². The van der Waals surface area contributed by atoms with Gasteiger partial charge in [0.2, 0.25) is 0 Å². The minimum absolute atomic E-state index is 0.435. The summed E-state index contributed by atoms with van der Waals surface area (Å²) in [7, 11) is 0. The highest BCUT2D eigenvalue weighted by molar-refractivity contribution is 5.63. The first-order valence-electron chi connectivity index (χ1n) is 6.35. The molecule has 2 rings (SSSR count). The summed E-state index contributed by atoms with van der Waals surface area (Å²) in [5.74, 6) is 0. The molecule has 2 heteroatoms. The Morgan fingerprint density at radius 2 is 1.56 bits per heavy atom. The van der Waals surface area contributed by atoms with E-state index in [1.165, 1.54) is 11.1 Å². The molecule has 0 heterocycles. The van der Waals surface area contributed by atoms with Gasteiger partial charge in [-0.15, -0.1) is 0 Å². The Labute approximate surface area is 108 Å². The molecule has 94 valence electrons. The van der Waals surface area contributed by atoms with Gasteiger partial charge in [0.1, 0.15) is 0 Å². The molecule has 18 heavy (non-hydrogen) atoms. The highest BCUT2D eigenvalue weighted by Crippen LogP contribution is 2.21. The molecule has 1 unspecified atom stereocenters. The molecule has 0 fully saturated rings. The molecular weight excluding hydrogens is 222 g/mol. The van der Waals surface area contributed by atoms with Gasteiger partial charge < -0.3 is 10.4 Å². The Kier molecular flexibility index (Phi) is 4.51. The first-order valence-corrected chi connectivity index (χ1v) is 6.35. The number of benzene rings is 2. The third kappa shape index (κ3) is 3.19. The predicted molar refractivity (Wildman–Crippen MR) is 75.4 cm³/mol.